The Morgan fingerprint density at radius 2 is 1.65 bits per heavy atom. The first kappa shape index (κ1) is 22.9. The second kappa shape index (κ2) is 12.2. The van der Waals surface area contributed by atoms with Crippen molar-refractivity contribution in [1.29, 1.82) is 0 Å². The lowest BCUT2D eigenvalue weighted by atomic mass is 9.91. The summed E-state index contributed by atoms with van der Waals surface area (Å²) >= 11 is 1.86. The Bertz CT molecular complexity index is 900. The summed E-state index contributed by atoms with van der Waals surface area (Å²) in [6.45, 7) is 4.06. The van der Waals surface area contributed by atoms with Gasteiger partial charge in [-0.1, -0.05) is 60.7 Å². The molecule has 3 rings (SSSR count). The Morgan fingerprint density at radius 1 is 1.00 bits per heavy atom. The van der Waals surface area contributed by atoms with Gasteiger partial charge in [0.05, 0.1) is 0 Å². The average molecular weight is 437 g/mol. The average Bonchev–Trinajstić information content (AvgIpc) is 3.13. The summed E-state index contributed by atoms with van der Waals surface area (Å²) in [6, 6.07) is 21.2. The lowest BCUT2D eigenvalue weighted by Gasteiger charge is -2.21. The molecule has 0 aliphatic heterocycles. The van der Waals surface area contributed by atoms with E-state index < -0.39 is 0 Å². The van der Waals surface area contributed by atoms with Crippen LogP contribution in [-0.2, 0) is 13.6 Å². The van der Waals surface area contributed by atoms with Gasteiger partial charge in [-0.15, -0.1) is 10.2 Å². The predicted octanol–water partition coefficient (Wildman–Crippen LogP) is 3.74. The number of nitrogens with one attached hydrogen (secondary N) is 2. The number of benzene rings is 2. The third-order valence-corrected chi connectivity index (χ3v) is 5.95. The number of hydrogen-bond donors (Lipinski definition) is 2. The number of guanidine groups is 1. The highest BCUT2D eigenvalue weighted by Gasteiger charge is 2.15. The molecule has 0 atom stereocenters. The van der Waals surface area contributed by atoms with E-state index in [1.165, 1.54) is 11.1 Å². The van der Waals surface area contributed by atoms with Crippen LogP contribution in [0.4, 0.5) is 0 Å². The van der Waals surface area contributed by atoms with E-state index in [1.54, 1.807) is 0 Å². The summed E-state index contributed by atoms with van der Waals surface area (Å²) in [5.74, 6) is 3.90. The molecule has 0 amide bonds. The molecule has 1 aromatic heterocycles. The van der Waals surface area contributed by atoms with Crippen LogP contribution in [0.5, 0.6) is 0 Å². The Balaban J connectivity index is 1.74. The summed E-state index contributed by atoms with van der Waals surface area (Å²) in [4.78, 5) is 4.79. The van der Waals surface area contributed by atoms with Gasteiger partial charge < -0.3 is 15.2 Å². The van der Waals surface area contributed by atoms with Crippen molar-refractivity contribution in [2.24, 2.45) is 12.0 Å². The Kier molecular flexibility index (Phi) is 8.97. The van der Waals surface area contributed by atoms with Crippen molar-refractivity contribution in [1.82, 2.24) is 25.4 Å². The Labute approximate surface area is 189 Å². The molecule has 2 aromatic carbocycles. The molecule has 0 saturated heterocycles. The zero-order valence-corrected chi connectivity index (χ0v) is 19.4. The minimum absolute atomic E-state index is 0.234. The lowest BCUT2D eigenvalue weighted by molar-refractivity contribution is 0.710. The van der Waals surface area contributed by atoms with Crippen LogP contribution in [0.2, 0.25) is 0 Å². The van der Waals surface area contributed by atoms with Crippen LogP contribution in [0.25, 0.3) is 0 Å². The number of hydrogen-bond acceptors (Lipinski definition) is 4. The van der Waals surface area contributed by atoms with Gasteiger partial charge in [0.25, 0.3) is 0 Å². The minimum Gasteiger partial charge on any atom is -0.356 e. The maximum Gasteiger partial charge on any atom is 0.191 e. The van der Waals surface area contributed by atoms with E-state index in [-0.39, 0.29) is 5.92 Å². The summed E-state index contributed by atoms with van der Waals surface area (Å²) < 4.78 is 1.98. The third kappa shape index (κ3) is 6.85. The molecule has 0 bridgehead atoms. The van der Waals surface area contributed by atoms with Gasteiger partial charge in [-0.3, -0.25) is 0 Å². The van der Waals surface area contributed by atoms with Crippen molar-refractivity contribution in [2.45, 2.75) is 25.8 Å². The molecule has 0 unspecified atom stereocenters. The highest BCUT2D eigenvalue weighted by molar-refractivity contribution is 7.98. The number of thioether (sulfide) groups is 1. The molecule has 2 N–H and O–H groups in total. The molecule has 0 aliphatic rings. The monoisotopic (exact) mass is 436 g/mol. The van der Waals surface area contributed by atoms with Crippen molar-refractivity contribution in [3.8, 4) is 0 Å². The smallest absolute Gasteiger partial charge is 0.191 e. The molecule has 0 spiro atoms. The molecule has 7 heteroatoms. The lowest BCUT2D eigenvalue weighted by Crippen LogP contribution is -2.40. The van der Waals surface area contributed by atoms with Gasteiger partial charge in [0.1, 0.15) is 12.4 Å². The maximum absolute atomic E-state index is 4.79. The molecule has 164 valence electrons. The van der Waals surface area contributed by atoms with E-state index >= 15 is 0 Å². The standard InChI is InChI=1S/C24H32N6S/c1-19-28-29-23(30(19)2)18-27-24(25-15-10-16-31-3)26-17-22(20-11-6-4-7-12-20)21-13-8-5-9-14-21/h4-9,11-14,22H,10,15-18H2,1-3H3,(H2,25,26,27). The number of rotatable bonds is 10. The van der Waals surface area contributed by atoms with Gasteiger partial charge in [-0.2, -0.15) is 11.8 Å². The summed E-state index contributed by atoms with van der Waals surface area (Å²) in [5.41, 5.74) is 2.57. The first-order valence-corrected chi connectivity index (χ1v) is 12.0. The summed E-state index contributed by atoms with van der Waals surface area (Å²) in [7, 11) is 1.97. The van der Waals surface area contributed by atoms with E-state index in [1.807, 2.05) is 30.3 Å². The number of aryl methyl sites for hydroxylation is 1. The van der Waals surface area contributed by atoms with E-state index in [0.29, 0.717) is 6.54 Å². The van der Waals surface area contributed by atoms with Crippen molar-refractivity contribution in [3.63, 3.8) is 0 Å². The van der Waals surface area contributed by atoms with Crippen molar-refractivity contribution < 1.29 is 0 Å². The molecule has 31 heavy (non-hydrogen) atoms. The first-order valence-electron chi connectivity index (χ1n) is 10.6. The van der Waals surface area contributed by atoms with Gasteiger partial charge in [-0.05, 0) is 36.5 Å². The van der Waals surface area contributed by atoms with E-state index in [9.17, 15) is 0 Å². The predicted molar refractivity (Wildman–Crippen MR) is 131 cm³/mol. The SMILES string of the molecule is CSCCCNC(=NCc1nnc(C)n1C)NCC(c1ccccc1)c1ccccc1. The van der Waals surface area contributed by atoms with Gasteiger partial charge in [0, 0.05) is 26.1 Å². The van der Waals surface area contributed by atoms with Crippen LogP contribution in [0.1, 0.15) is 35.1 Å². The van der Waals surface area contributed by atoms with Gasteiger partial charge in [0.15, 0.2) is 11.8 Å². The van der Waals surface area contributed by atoms with Crippen LogP contribution in [0.3, 0.4) is 0 Å². The fraction of sp³-hybridized carbons (Fsp3) is 0.375. The summed E-state index contributed by atoms with van der Waals surface area (Å²) in [5, 5.41) is 15.4. The van der Waals surface area contributed by atoms with E-state index in [2.05, 4.69) is 87.8 Å². The molecular weight excluding hydrogens is 404 g/mol. The largest absolute Gasteiger partial charge is 0.356 e. The molecule has 6 nitrogen and oxygen atoms in total. The highest BCUT2D eigenvalue weighted by atomic mass is 32.2. The number of nitrogens with zero attached hydrogens (tertiary/aromatic N) is 4. The Morgan fingerprint density at radius 3 is 2.19 bits per heavy atom. The molecule has 0 fully saturated rings. The summed E-state index contributed by atoms with van der Waals surface area (Å²) in [6.07, 6.45) is 3.22. The molecule has 0 radical (unpaired) electrons. The molecular formula is C24H32N6S. The third-order valence-electron chi connectivity index (χ3n) is 5.26. The van der Waals surface area contributed by atoms with Crippen molar-refractivity contribution in [2.75, 3.05) is 25.1 Å². The van der Waals surface area contributed by atoms with Crippen molar-refractivity contribution in [3.05, 3.63) is 83.4 Å². The highest BCUT2D eigenvalue weighted by Crippen LogP contribution is 2.23. The van der Waals surface area contributed by atoms with Crippen molar-refractivity contribution >= 4 is 17.7 Å². The van der Waals surface area contributed by atoms with Crippen LogP contribution in [0.15, 0.2) is 65.7 Å². The number of aromatic nitrogens is 3. The van der Waals surface area contributed by atoms with E-state index in [4.69, 9.17) is 4.99 Å². The first-order chi connectivity index (χ1) is 15.2. The molecule has 1 heterocycles. The zero-order chi connectivity index (χ0) is 21.9. The topological polar surface area (TPSA) is 67.1 Å². The normalized spacial score (nSPS) is 11.7. The zero-order valence-electron chi connectivity index (χ0n) is 18.6. The minimum atomic E-state index is 0.234. The van der Waals surface area contributed by atoms with Gasteiger partial charge >= 0.3 is 0 Å². The fourth-order valence-electron chi connectivity index (χ4n) is 3.33. The Hall–Kier alpha value is -2.80. The maximum atomic E-state index is 4.79. The fourth-order valence-corrected chi connectivity index (χ4v) is 3.77. The second-order valence-corrected chi connectivity index (χ2v) is 8.40. The van der Waals surface area contributed by atoms with Crippen LogP contribution < -0.4 is 10.6 Å². The van der Waals surface area contributed by atoms with Gasteiger partial charge in [-0.25, -0.2) is 4.99 Å². The molecule has 0 aliphatic carbocycles. The van der Waals surface area contributed by atoms with Crippen LogP contribution in [-0.4, -0.2) is 45.8 Å². The quantitative estimate of drug-likeness (QED) is 0.288. The second-order valence-electron chi connectivity index (χ2n) is 7.42. The molecule has 3 aromatic rings. The van der Waals surface area contributed by atoms with Gasteiger partial charge in [0.2, 0.25) is 0 Å². The van der Waals surface area contributed by atoms with E-state index in [0.717, 1.165) is 42.9 Å². The van der Waals surface area contributed by atoms with Crippen LogP contribution >= 0.6 is 11.8 Å². The van der Waals surface area contributed by atoms with Crippen LogP contribution in [0, 0.1) is 6.92 Å². The molecule has 0 saturated carbocycles. The number of aliphatic imine (C=N–C) groups is 1.